The number of allylic oxidation sites excluding steroid dienone is 11. The molecule has 2 aromatic rings. The molecular weight excluding hydrogens is 376 g/mol. The van der Waals surface area contributed by atoms with E-state index >= 15 is 0 Å². The van der Waals surface area contributed by atoms with Crippen LogP contribution in [0.1, 0.15) is 18.6 Å². The summed E-state index contributed by atoms with van der Waals surface area (Å²) in [6, 6.07) is 10.3. The molecule has 0 spiro atoms. The maximum absolute atomic E-state index is 6.34. The number of furan rings is 1. The molecule has 0 saturated carbocycles. The molecule has 0 bridgehead atoms. The standard InChI is InChI=1S/C26H18O2S/c1-4-10-21-17(7-1)13-14-23(27-21)20-16-29-25-12-6-3-9-19(25)26(20)24-15-18-8-2-5-11-22(18)28-24/h1-6,8,10-16H,7,9H2. The van der Waals surface area contributed by atoms with Crippen molar-refractivity contribution in [3.63, 3.8) is 0 Å². The van der Waals surface area contributed by atoms with Crippen LogP contribution in [0.5, 0.6) is 0 Å². The van der Waals surface area contributed by atoms with Crippen LogP contribution in [0, 0.1) is 0 Å². The Kier molecular flexibility index (Phi) is 3.88. The zero-order chi connectivity index (χ0) is 19.2. The van der Waals surface area contributed by atoms with Gasteiger partial charge in [0.25, 0.3) is 0 Å². The highest BCUT2D eigenvalue weighted by Crippen LogP contribution is 2.48. The highest BCUT2D eigenvalue weighted by molar-refractivity contribution is 8.06. The SMILES string of the molecule is C1=CCC2=CC=C(C3=CSC4=CC=CCC4=C3c3cc4ccccc4o3)OC2=C1. The molecule has 0 atom stereocenters. The first kappa shape index (κ1) is 16.8. The number of fused-ring (bicyclic) bond motifs is 3. The molecule has 0 amide bonds. The van der Waals surface area contributed by atoms with Gasteiger partial charge in [-0.3, -0.25) is 0 Å². The van der Waals surface area contributed by atoms with Gasteiger partial charge in [0.2, 0.25) is 0 Å². The number of benzene rings is 1. The Morgan fingerprint density at radius 1 is 0.862 bits per heavy atom. The van der Waals surface area contributed by atoms with E-state index in [0.29, 0.717) is 0 Å². The van der Waals surface area contributed by atoms with Crippen molar-refractivity contribution in [2.75, 3.05) is 0 Å². The van der Waals surface area contributed by atoms with Crippen LogP contribution in [-0.4, -0.2) is 0 Å². The highest BCUT2D eigenvalue weighted by atomic mass is 32.2. The minimum absolute atomic E-state index is 0.874. The molecule has 0 saturated heterocycles. The van der Waals surface area contributed by atoms with Crippen molar-refractivity contribution in [3.8, 4) is 0 Å². The average molecular weight is 394 g/mol. The van der Waals surface area contributed by atoms with Gasteiger partial charge in [0.05, 0.1) is 0 Å². The molecule has 3 heteroatoms. The largest absolute Gasteiger partial charge is 0.456 e. The maximum Gasteiger partial charge on any atom is 0.136 e. The summed E-state index contributed by atoms with van der Waals surface area (Å²) in [4.78, 5) is 1.28. The van der Waals surface area contributed by atoms with Crippen LogP contribution in [0.4, 0.5) is 0 Å². The van der Waals surface area contributed by atoms with E-state index in [4.69, 9.17) is 9.15 Å². The molecule has 140 valence electrons. The highest BCUT2D eigenvalue weighted by Gasteiger charge is 2.29. The number of hydrogen-bond donors (Lipinski definition) is 0. The lowest BCUT2D eigenvalue weighted by Crippen LogP contribution is -2.09. The van der Waals surface area contributed by atoms with Gasteiger partial charge < -0.3 is 9.15 Å². The molecule has 0 radical (unpaired) electrons. The second kappa shape index (κ2) is 6.71. The molecule has 2 aliphatic heterocycles. The monoisotopic (exact) mass is 394 g/mol. The third-order valence-electron chi connectivity index (χ3n) is 5.51. The first-order chi connectivity index (χ1) is 14.4. The van der Waals surface area contributed by atoms with Gasteiger partial charge in [0, 0.05) is 21.4 Å². The van der Waals surface area contributed by atoms with Crippen LogP contribution in [0.25, 0.3) is 16.5 Å². The molecular formula is C26H18O2S. The van der Waals surface area contributed by atoms with E-state index in [2.05, 4.69) is 60.1 Å². The Labute approximate surface area is 173 Å². The van der Waals surface area contributed by atoms with Crippen LogP contribution >= 0.6 is 11.8 Å². The second-order valence-electron chi connectivity index (χ2n) is 7.30. The van der Waals surface area contributed by atoms with Gasteiger partial charge in [-0.05, 0) is 59.8 Å². The molecule has 2 nitrogen and oxygen atoms in total. The molecule has 1 aromatic heterocycles. The number of thioether (sulfide) groups is 1. The van der Waals surface area contributed by atoms with E-state index in [1.807, 2.05) is 24.3 Å². The fraction of sp³-hybridized carbons (Fsp3) is 0.0769. The minimum atomic E-state index is 0.874. The first-order valence-corrected chi connectivity index (χ1v) is 10.7. The quantitative estimate of drug-likeness (QED) is 0.532. The summed E-state index contributed by atoms with van der Waals surface area (Å²) in [5.74, 6) is 2.71. The van der Waals surface area contributed by atoms with Crippen molar-refractivity contribution < 1.29 is 9.15 Å². The van der Waals surface area contributed by atoms with E-state index in [9.17, 15) is 0 Å². The normalized spacial score (nSPS) is 20.2. The van der Waals surface area contributed by atoms with E-state index < -0.39 is 0 Å². The van der Waals surface area contributed by atoms with Gasteiger partial charge >= 0.3 is 0 Å². The lowest BCUT2D eigenvalue weighted by Gasteiger charge is -2.27. The summed E-state index contributed by atoms with van der Waals surface area (Å²) in [5, 5.41) is 3.31. The zero-order valence-electron chi connectivity index (χ0n) is 15.7. The van der Waals surface area contributed by atoms with Crippen molar-refractivity contribution >= 4 is 28.3 Å². The Bertz CT molecular complexity index is 1250. The summed E-state index contributed by atoms with van der Waals surface area (Å²) in [7, 11) is 0. The van der Waals surface area contributed by atoms with Gasteiger partial charge in [-0.15, -0.1) is 0 Å². The average Bonchev–Trinajstić information content (AvgIpc) is 3.22. The van der Waals surface area contributed by atoms with Crippen molar-refractivity contribution in [1.82, 2.24) is 0 Å². The first-order valence-electron chi connectivity index (χ1n) is 9.79. The number of ether oxygens (including phenoxy) is 1. The lowest BCUT2D eigenvalue weighted by atomic mass is 9.91. The Morgan fingerprint density at radius 2 is 1.76 bits per heavy atom. The van der Waals surface area contributed by atoms with E-state index in [1.54, 1.807) is 11.8 Å². The Morgan fingerprint density at radius 3 is 2.72 bits per heavy atom. The lowest BCUT2D eigenvalue weighted by molar-refractivity contribution is 0.319. The fourth-order valence-corrected chi connectivity index (χ4v) is 5.03. The molecule has 29 heavy (non-hydrogen) atoms. The predicted molar refractivity (Wildman–Crippen MR) is 120 cm³/mol. The third-order valence-corrected chi connectivity index (χ3v) is 6.50. The van der Waals surface area contributed by atoms with Gasteiger partial charge in [0.15, 0.2) is 0 Å². The molecule has 0 N–H and O–H groups in total. The maximum atomic E-state index is 6.34. The van der Waals surface area contributed by atoms with Crippen molar-refractivity contribution in [3.05, 3.63) is 123 Å². The third kappa shape index (κ3) is 2.81. The fourth-order valence-electron chi connectivity index (χ4n) is 4.07. The summed E-state index contributed by atoms with van der Waals surface area (Å²) < 4.78 is 12.6. The van der Waals surface area contributed by atoms with E-state index in [-0.39, 0.29) is 0 Å². The molecule has 1 aromatic carbocycles. The molecule has 0 unspecified atom stereocenters. The van der Waals surface area contributed by atoms with E-state index in [1.165, 1.54) is 16.1 Å². The predicted octanol–water partition coefficient (Wildman–Crippen LogP) is 7.35. The Hall–Kier alpha value is -3.17. The molecule has 0 fully saturated rings. The molecule has 4 aliphatic rings. The van der Waals surface area contributed by atoms with E-state index in [0.717, 1.165) is 52.2 Å². The van der Waals surface area contributed by atoms with Gasteiger partial charge in [-0.1, -0.05) is 60.3 Å². The van der Waals surface area contributed by atoms with Gasteiger partial charge in [-0.2, -0.15) is 0 Å². The smallest absolute Gasteiger partial charge is 0.136 e. The molecule has 2 aliphatic carbocycles. The summed E-state index contributed by atoms with van der Waals surface area (Å²) in [5.41, 5.74) is 5.64. The van der Waals surface area contributed by atoms with Crippen LogP contribution in [0.2, 0.25) is 0 Å². The molecule has 6 rings (SSSR count). The van der Waals surface area contributed by atoms with Gasteiger partial charge in [0.1, 0.15) is 22.9 Å². The van der Waals surface area contributed by atoms with Crippen LogP contribution in [-0.2, 0) is 4.74 Å². The Balaban J connectivity index is 1.51. The van der Waals surface area contributed by atoms with Crippen LogP contribution in [0.15, 0.2) is 122 Å². The minimum Gasteiger partial charge on any atom is -0.456 e. The second-order valence-corrected chi connectivity index (χ2v) is 8.21. The number of rotatable bonds is 2. The number of hydrogen-bond acceptors (Lipinski definition) is 3. The van der Waals surface area contributed by atoms with Crippen molar-refractivity contribution in [1.29, 1.82) is 0 Å². The molecule has 3 heterocycles. The zero-order valence-corrected chi connectivity index (χ0v) is 16.5. The van der Waals surface area contributed by atoms with Crippen LogP contribution in [0.3, 0.4) is 0 Å². The number of para-hydroxylation sites is 1. The van der Waals surface area contributed by atoms with Gasteiger partial charge in [-0.25, -0.2) is 0 Å². The summed E-state index contributed by atoms with van der Waals surface area (Å²) >= 11 is 1.76. The van der Waals surface area contributed by atoms with Crippen LogP contribution < -0.4 is 0 Å². The van der Waals surface area contributed by atoms with Crippen molar-refractivity contribution in [2.45, 2.75) is 12.8 Å². The summed E-state index contributed by atoms with van der Waals surface area (Å²) in [6.07, 6.45) is 18.8. The topological polar surface area (TPSA) is 22.4 Å². The van der Waals surface area contributed by atoms with Crippen molar-refractivity contribution in [2.24, 2.45) is 0 Å². The summed E-state index contributed by atoms with van der Waals surface area (Å²) in [6.45, 7) is 0.